The summed E-state index contributed by atoms with van der Waals surface area (Å²) in [6, 6.07) is 15.5. The number of carbonyl (C=O) groups excluding carboxylic acids is 1. The second kappa shape index (κ2) is 6.47. The molecule has 0 aliphatic carbocycles. The predicted molar refractivity (Wildman–Crippen MR) is 93.2 cm³/mol. The maximum Gasteiger partial charge on any atom is 0.274 e. The molecule has 0 saturated heterocycles. The third-order valence-corrected chi connectivity index (χ3v) is 4.59. The van der Waals surface area contributed by atoms with Crippen molar-refractivity contribution in [1.29, 1.82) is 0 Å². The number of aromatic nitrogens is 3. The molecule has 1 unspecified atom stereocenters. The van der Waals surface area contributed by atoms with Gasteiger partial charge in [0, 0.05) is 25.0 Å². The predicted octanol–water partition coefficient (Wildman–Crippen LogP) is 3.01. The molecule has 1 atom stereocenters. The number of ether oxygens (including phenoxy) is 1. The van der Waals surface area contributed by atoms with Crippen LogP contribution in [0.5, 0.6) is 5.75 Å². The lowest BCUT2D eigenvalue weighted by Gasteiger charge is -2.34. The van der Waals surface area contributed by atoms with Gasteiger partial charge in [-0.3, -0.25) is 9.89 Å². The molecule has 1 aliphatic heterocycles. The van der Waals surface area contributed by atoms with E-state index in [2.05, 4.69) is 34.0 Å². The Hall–Kier alpha value is -3.02. The zero-order valence-corrected chi connectivity index (χ0v) is 14.1. The summed E-state index contributed by atoms with van der Waals surface area (Å²) in [4.78, 5) is 14.7. The SMILES string of the molecule is CC1c2cccn2CCN1C(=O)c1cc(COc2ccccc2)[nH]n1. The molecule has 0 radical (unpaired) electrons. The molecule has 0 bridgehead atoms. The molecule has 4 rings (SSSR count). The van der Waals surface area contributed by atoms with Gasteiger partial charge in [-0.1, -0.05) is 18.2 Å². The third kappa shape index (κ3) is 3.03. The second-order valence-corrected chi connectivity index (χ2v) is 6.18. The van der Waals surface area contributed by atoms with Gasteiger partial charge in [-0.25, -0.2) is 0 Å². The summed E-state index contributed by atoms with van der Waals surface area (Å²) in [6.07, 6.45) is 2.06. The quantitative estimate of drug-likeness (QED) is 0.796. The van der Waals surface area contributed by atoms with Crippen molar-refractivity contribution in [2.24, 2.45) is 0 Å². The fraction of sp³-hybridized carbons (Fsp3) is 0.263. The van der Waals surface area contributed by atoms with Gasteiger partial charge in [-0.2, -0.15) is 5.10 Å². The first-order chi connectivity index (χ1) is 12.2. The van der Waals surface area contributed by atoms with Gasteiger partial charge in [0.1, 0.15) is 12.4 Å². The van der Waals surface area contributed by atoms with Gasteiger partial charge in [0.05, 0.1) is 11.7 Å². The van der Waals surface area contributed by atoms with E-state index in [0.29, 0.717) is 18.8 Å². The Kier molecular flexibility index (Phi) is 4.01. The van der Waals surface area contributed by atoms with Crippen molar-refractivity contribution in [1.82, 2.24) is 19.7 Å². The summed E-state index contributed by atoms with van der Waals surface area (Å²) < 4.78 is 7.88. The molecule has 0 spiro atoms. The number of benzene rings is 1. The van der Waals surface area contributed by atoms with Gasteiger partial charge in [0.25, 0.3) is 5.91 Å². The topological polar surface area (TPSA) is 63.1 Å². The van der Waals surface area contributed by atoms with E-state index in [1.807, 2.05) is 41.3 Å². The van der Waals surface area contributed by atoms with Gasteiger partial charge in [-0.15, -0.1) is 0 Å². The highest BCUT2D eigenvalue weighted by atomic mass is 16.5. The summed E-state index contributed by atoms with van der Waals surface area (Å²) in [6.45, 7) is 3.90. The summed E-state index contributed by atoms with van der Waals surface area (Å²) in [5.41, 5.74) is 2.36. The molecule has 3 heterocycles. The van der Waals surface area contributed by atoms with E-state index in [1.165, 1.54) is 0 Å². The minimum atomic E-state index is -0.0536. The number of fused-ring (bicyclic) bond motifs is 1. The van der Waals surface area contributed by atoms with Crippen LogP contribution in [0.4, 0.5) is 0 Å². The van der Waals surface area contributed by atoms with E-state index in [-0.39, 0.29) is 11.9 Å². The van der Waals surface area contributed by atoms with Crippen molar-refractivity contribution in [3.05, 3.63) is 71.8 Å². The molecule has 1 aromatic carbocycles. The Morgan fingerprint density at radius 2 is 2.08 bits per heavy atom. The van der Waals surface area contributed by atoms with Gasteiger partial charge < -0.3 is 14.2 Å². The van der Waals surface area contributed by atoms with E-state index in [0.717, 1.165) is 23.7 Å². The monoisotopic (exact) mass is 336 g/mol. The molecule has 1 aliphatic rings. The normalized spacial score (nSPS) is 16.5. The minimum absolute atomic E-state index is 0.0389. The Labute approximate surface area is 146 Å². The van der Waals surface area contributed by atoms with E-state index in [4.69, 9.17) is 4.74 Å². The largest absolute Gasteiger partial charge is 0.487 e. The summed E-state index contributed by atoms with van der Waals surface area (Å²) >= 11 is 0. The van der Waals surface area contributed by atoms with Gasteiger partial charge in [0.15, 0.2) is 5.69 Å². The van der Waals surface area contributed by atoms with Crippen LogP contribution in [-0.2, 0) is 13.2 Å². The Bertz CT molecular complexity index is 868. The third-order valence-electron chi connectivity index (χ3n) is 4.59. The van der Waals surface area contributed by atoms with Crippen LogP contribution in [0.2, 0.25) is 0 Å². The lowest BCUT2D eigenvalue weighted by Crippen LogP contribution is -2.40. The number of rotatable bonds is 4. The minimum Gasteiger partial charge on any atom is -0.487 e. The Balaban J connectivity index is 1.44. The number of carbonyl (C=O) groups is 1. The van der Waals surface area contributed by atoms with Crippen LogP contribution in [0.15, 0.2) is 54.7 Å². The highest BCUT2D eigenvalue weighted by Crippen LogP contribution is 2.26. The summed E-state index contributed by atoms with van der Waals surface area (Å²) in [5.74, 6) is 0.734. The van der Waals surface area contributed by atoms with E-state index in [1.54, 1.807) is 6.07 Å². The average Bonchev–Trinajstić information content (AvgIpc) is 3.30. The number of aromatic amines is 1. The molecule has 6 heteroatoms. The number of hydrogen-bond acceptors (Lipinski definition) is 3. The van der Waals surface area contributed by atoms with Gasteiger partial charge >= 0.3 is 0 Å². The second-order valence-electron chi connectivity index (χ2n) is 6.18. The first-order valence-electron chi connectivity index (χ1n) is 8.40. The summed E-state index contributed by atoms with van der Waals surface area (Å²) in [7, 11) is 0. The maximum absolute atomic E-state index is 12.8. The molecule has 6 nitrogen and oxygen atoms in total. The van der Waals surface area contributed by atoms with Crippen LogP contribution in [0.25, 0.3) is 0 Å². The molecule has 0 saturated carbocycles. The molecule has 25 heavy (non-hydrogen) atoms. The maximum atomic E-state index is 12.8. The molecule has 2 aromatic heterocycles. The van der Waals surface area contributed by atoms with Crippen LogP contribution < -0.4 is 4.74 Å². The number of amides is 1. The first-order valence-corrected chi connectivity index (χ1v) is 8.40. The summed E-state index contributed by atoms with van der Waals surface area (Å²) in [5, 5.41) is 7.08. The van der Waals surface area contributed by atoms with Crippen LogP contribution in [0, 0.1) is 0 Å². The number of nitrogens with one attached hydrogen (secondary N) is 1. The van der Waals surface area contributed by atoms with Crippen LogP contribution >= 0.6 is 0 Å². The average molecular weight is 336 g/mol. The number of para-hydroxylation sites is 1. The molecule has 1 amide bonds. The van der Waals surface area contributed by atoms with Crippen molar-refractivity contribution >= 4 is 5.91 Å². The van der Waals surface area contributed by atoms with Crippen LogP contribution in [0.3, 0.4) is 0 Å². The number of nitrogens with zero attached hydrogens (tertiary/aromatic N) is 3. The van der Waals surface area contributed by atoms with Crippen molar-refractivity contribution < 1.29 is 9.53 Å². The standard InChI is InChI=1S/C19H20N4O2/c1-14-18-8-5-9-22(18)10-11-23(14)19(24)17-12-15(20-21-17)13-25-16-6-3-2-4-7-16/h2-9,12,14H,10-11,13H2,1H3,(H,20,21). The first kappa shape index (κ1) is 15.5. The zero-order valence-electron chi connectivity index (χ0n) is 14.1. The molecule has 1 N–H and O–H groups in total. The smallest absolute Gasteiger partial charge is 0.274 e. The molecular formula is C19H20N4O2. The highest BCUT2D eigenvalue weighted by Gasteiger charge is 2.29. The van der Waals surface area contributed by atoms with E-state index < -0.39 is 0 Å². The van der Waals surface area contributed by atoms with Crippen molar-refractivity contribution in [3.63, 3.8) is 0 Å². The van der Waals surface area contributed by atoms with E-state index in [9.17, 15) is 4.79 Å². The molecule has 3 aromatic rings. The Morgan fingerprint density at radius 3 is 2.92 bits per heavy atom. The van der Waals surface area contributed by atoms with Gasteiger partial charge in [0.2, 0.25) is 0 Å². The number of H-pyrrole nitrogens is 1. The lowest BCUT2D eigenvalue weighted by molar-refractivity contribution is 0.0638. The van der Waals surface area contributed by atoms with Crippen LogP contribution in [-0.4, -0.2) is 32.1 Å². The molecular weight excluding hydrogens is 316 g/mol. The highest BCUT2D eigenvalue weighted by molar-refractivity contribution is 5.92. The van der Waals surface area contributed by atoms with Crippen molar-refractivity contribution in [2.75, 3.05) is 6.54 Å². The van der Waals surface area contributed by atoms with Crippen molar-refractivity contribution in [3.8, 4) is 5.75 Å². The molecule has 128 valence electrons. The van der Waals surface area contributed by atoms with Crippen molar-refractivity contribution in [2.45, 2.75) is 26.1 Å². The fourth-order valence-corrected chi connectivity index (χ4v) is 3.23. The van der Waals surface area contributed by atoms with Gasteiger partial charge in [-0.05, 0) is 37.3 Å². The lowest BCUT2D eigenvalue weighted by atomic mass is 10.1. The fourth-order valence-electron chi connectivity index (χ4n) is 3.23. The zero-order chi connectivity index (χ0) is 17.2. The Morgan fingerprint density at radius 1 is 1.24 bits per heavy atom. The molecule has 0 fully saturated rings. The van der Waals surface area contributed by atoms with Crippen LogP contribution in [0.1, 0.15) is 34.8 Å². The number of hydrogen-bond donors (Lipinski definition) is 1. The van der Waals surface area contributed by atoms with E-state index >= 15 is 0 Å².